The highest BCUT2D eigenvalue weighted by atomic mass is 127. The lowest BCUT2D eigenvalue weighted by atomic mass is 9.84. The molecule has 0 radical (unpaired) electrons. The van der Waals surface area contributed by atoms with E-state index in [4.69, 9.17) is 0 Å². The van der Waals surface area contributed by atoms with Crippen molar-refractivity contribution in [1.82, 2.24) is 20.4 Å². The first-order valence-corrected chi connectivity index (χ1v) is 11.0. The lowest BCUT2D eigenvalue weighted by molar-refractivity contribution is 0.0172. The first kappa shape index (κ1) is 23.2. The van der Waals surface area contributed by atoms with Crippen LogP contribution in [0.25, 0.3) is 0 Å². The monoisotopic (exact) mass is 491 g/mol. The van der Waals surface area contributed by atoms with E-state index in [1.807, 2.05) is 7.05 Å². The fourth-order valence-electron chi connectivity index (χ4n) is 5.05. The molecule has 3 aliphatic rings. The number of guanidine groups is 1. The summed E-state index contributed by atoms with van der Waals surface area (Å²) in [5.41, 5.74) is 0.311. The van der Waals surface area contributed by atoms with Crippen LogP contribution in [0.15, 0.2) is 4.99 Å². The Morgan fingerprint density at radius 3 is 2.22 bits per heavy atom. The van der Waals surface area contributed by atoms with E-state index in [9.17, 15) is 0 Å². The molecule has 2 heterocycles. The van der Waals surface area contributed by atoms with E-state index in [0.29, 0.717) is 11.6 Å². The fraction of sp³-hybridized carbons (Fsp3) is 0.952. The number of nitrogens with zero attached hydrogens (tertiary/aromatic N) is 3. The van der Waals surface area contributed by atoms with Crippen molar-refractivity contribution in [3.8, 4) is 0 Å². The van der Waals surface area contributed by atoms with E-state index in [0.717, 1.165) is 18.4 Å². The van der Waals surface area contributed by atoms with Crippen molar-refractivity contribution < 1.29 is 0 Å². The van der Waals surface area contributed by atoms with Gasteiger partial charge in [0.1, 0.15) is 0 Å². The highest BCUT2D eigenvalue weighted by Gasteiger charge is 2.39. The van der Waals surface area contributed by atoms with Crippen molar-refractivity contribution in [2.75, 3.05) is 46.8 Å². The van der Waals surface area contributed by atoms with Crippen molar-refractivity contribution in [2.24, 2.45) is 10.9 Å². The minimum absolute atomic E-state index is 0. The number of likely N-dealkylation sites (tertiary alicyclic amines) is 2. The average molecular weight is 492 g/mol. The standard InChI is InChI=1S/C21H41N5.HI/c1-18-7-9-19(10-8-18)24-20(22-2)23-17-21(11-15-25(3)16-12-21)26-13-5-4-6-14-26;/h18-19H,4-17H2,1-3H3,(H2,22,23,24);1H. The minimum Gasteiger partial charge on any atom is -0.355 e. The maximum atomic E-state index is 4.54. The van der Waals surface area contributed by atoms with Crippen LogP contribution in [0.5, 0.6) is 0 Å². The molecule has 1 saturated carbocycles. The number of rotatable bonds is 4. The molecular formula is C21H42IN5. The summed E-state index contributed by atoms with van der Waals surface area (Å²) in [6.45, 7) is 8.39. The van der Waals surface area contributed by atoms with Gasteiger partial charge in [0.15, 0.2) is 5.96 Å². The fourth-order valence-corrected chi connectivity index (χ4v) is 5.05. The zero-order valence-corrected chi connectivity index (χ0v) is 20.1. The summed E-state index contributed by atoms with van der Waals surface area (Å²) >= 11 is 0. The lowest BCUT2D eigenvalue weighted by Crippen LogP contribution is -2.62. The highest BCUT2D eigenvalue weighted by molar-refractivity contribution is 14.0. The second-order valence-electron chi connectivity index (χ2n) is 9.10. The van der Waals surface area contributed by atoms with Gasteiger partial charge in [-0.15, -0.1) is 24.0 Å². The number of hydrogen-bond acceptors (Lipinski definition) is 3. The van der Waals surface area contributed by atoms with Crippen molar-refractivity contribution in [3.63, 3.8) is 0 Å². The molecule has 0 bridgehead atoms. The molecule has 0 aromatic heterocycles. The van der Waals surface area contributed by atoms with Gasteiger partial charge in [-0.2, -0.15) is 0 Å². The summed E-state index contributed by atoms with van der Waals surface area (Å²) in [5, 5.41) is 7.43. The second kappa shape index (κ2) is 11.2. The molecule has 3 fully saturated rings. The maximum absolute atomic E-state index is 4.54. The van der Waals surface area contributed by atoms with Gasteiger partial charge in [0.2, 0.25) is 0 Å². The van der Waals surface area contributed by atoms with E-state index < -0.39 is 0 Å². The third-order valence-electron chi connectivity index (χ3n) is 7.11. The van der Waals surface area contributed by atoms with Crippen LogP contribution in [0.3, 0.4) is 0 Å². The Morgan fingerprint density at radius 1 is 1.00 bits per heavy atom. The van der Waals surface area contributed by atoms with Gasteiger partial charge in [-0.1, -0.05) is 13.3 Å². The number of piperidine rings is 2. The van der Waals surface area contributed by atoms with Gasteiger partial charge in [-0.25, -0.2) is 0 Å². The largest absolute Gasteiger partial charge is 0.355 e. The minimum atomic E-state index is 0. The Kier molecular flexibility index (Phi) is 9.62. The van der Waals surface area contributed by atoms with Gasteiger partial charge < -0.3 is 15.5 Å². The Hall–Kier alpha value is -0.0800. The van der Waals surface area contributed by atoms with Gasteiger partial charge in [0.25, 0.3) is 0 Å². The molecule has 0 aromatic carbocycles. The van der Waals surface area contributed by atoms with Crippen molar-refractivity contribution >= 4 is 29.9 Å². The molecule has 0 aromatic rings. The number of halogens is 1. The summed E-state index contributed by atoms with van der Waals surface area (Å²) in [5.74, 6) is 1.91. The molecule has 27 heavy (non-hydrogen) atoms. The van der Waals surface area contributed by atoms with Gasteiger partial charge in [-0.3, -0.25) is 9.89 Å². The molecule has 2 N–H and O–H groups in total. The summed E-state index contributed by atoms with van der Waals surface area (Å²) in [7, 11) is 4.18. The number of aliphatic imine (C=N–C) groups is 1. The Morgan fingerprint density at radius 2 is 1.63 bits per heavy atom. The van der Waals surface area contributed by atoms with Crippen LogP contribution in [-0.2, 0) is 0 Å². The van der Waals surface area contributed by atoms with E-state index in [2.05, 4.69) is 39.4 Å². The Bertz CT molecular complexity index is 447. The molecule has 1 aliphatic carbocycles. The van der Waals surface area contributed by atoms with Crippen LogP contribution in [0.4, 0.5) is 0 Å². The first-order valence-electron chi connectivity index (χ1n) is 11.0. The second-order valence-corrected chi connectivity index (χ2v) is 9.10. The lowest BCUT2D eigenvalue weighted by Gasteiger charge is -2.50. The molecule has 6 heteroatoms. The smallest absolute Gasteiger partial charge is 0.191 e. The molecule has 0 spiro atoms. The molecule has 0 amide bonds. The molecule has 0 unspecified atom stereocenters. The van der Waals surface area contributed by atoms with Crippen LogP contribution in [0.1, 0.15) is 64.7 Å². The van der Waals surface area contributed by atoms with E-state index >= 15 is 0 Å². The van der Waals surface area contributed by atoms with Gasteiger partial charge in [0.05, 0.1) is 0 Å². The predicted molar refractivity (Wildman–Crippen MR) is 126 cm³/mol. The molecule has 2 aliphatic heterocycles. The predicted octanol–water partition coefficient (Wildman–Crippen LogP) is 3.30. The molecular weight excluding hydrogens is 449 g/mol. The third kappa shape index (κ3) is 6.46. The van der Waals surface area contributed by atoms with E-state index in [1.165, 1.54) is 84.0 Å². The summed E-state index contributed by atoms with van der Waals surface area (Å²) in [4.78, 5) is 9.82. The highest BCUT2D eigenvalue weighted by Crippen LogP contribution is 2.31. The van der Waals surface area contributed by atoms with Crippen molar-refractivity contribution in [1.29, 1.82) is 0 Å². The topological polar surface area (TPSA) is 42.9 Å². The molecule has 5 nitrogen and oxygen atoms in total. The zero-order chi connectivity index (χ0) is 18.4. The number of nitrogens with one attached hydrogen (secondary N) is 2. The first-order chi connectivity index (χ1) is 12.6. The van der Waals surface area contributed by atoms with Crippen LogP contribution >= 0.6 is 24.0 Å². The maximum Gasteiger partial charge on any atom is 0.191 e. The molecule has 2 saturated heterocycles. The van der Waals surface area contributed by atoms with E-state index in [-0.39, 0.29) is 24.0 Å². The van der Waals surface area contributed by atoms with Crippen molar-refractivity contribution in [3.05, 3.63) is 0 Å². The number of hydrogen-bond donors (Lipinski definition) is 2. The van der Waals surface area contributed by atoms with E-state index in [1.54, 1.807) is 0 Å². The summed E-state index contributed by atoms with van der Waals surface area (Å²) in [6.07, 6.45) is 11.9. The summed E-state index contributed by atoms with van der Waals surface area (Å²) < 4.78 is 0. The van der Waals surface area contributed by atoms with Crippen LogP contribution in [0.2, 0.25) is 0 Å². The average Bonchev–Trinajstić information content (AvgIpc) is 2.69. The van der Waals surface area contributed by atoms with Gasteiger partial charge in [0, 0.05) is 25.2 Å². The third-order valence-corrected chi connectivity index (χ3v) is 7.11. The van der Waals surface area contributed by atoms with Crippen molar-refractivity contribution in [2.45, 2.75) is 76.3 Å². The zero-order valence-electron chi connectivity index (χ0n) is 17.8. The molecule has 3 rings (SSSR count). The Labute approximate surface area is 184 Å². The SMILES string of the molecule is CN=C(NCC1(N2CCCCC2)CCN(C)CC1)NC1CCC(C)CC1.I. The van der Waals surface area contributed by atoms with Crippen LogP contribution < -0.4 is 10.6 Å². The molecule has 0 atom stereocenters. The van der Waals surface area contributed by atoms with Crippen LogP contribution in [-0.4, -0.2) is 74.2 Å². The quantitative estimate of drug-likeness (QED) is 0.360. The van der Waals surface area contributed by atoms with Gasteiger partial charge >= 0.3 is 0 Å². The van der Waals surface area contributed by atoms with Crippen LogP contribution in [0, 0.1) is 5.92 Å². The normalized spacial score (nSPS) is 30.4. The molecule has 158 valence electrons. The summed E-state index contributed by atoms with van der Waals surface area (Å²) in [6, 6.07) is 0.598. The van der Waals surface area contributed by atoms with Gasteiger partial charge in [-0.05, 0) is 90.5 Å². The Balaban J connectivity index is 0.00000261.